The molecule has 2 N–H and O–H groups in total. The SMILES string of the molecule is Cc1cc(C2C(O)C(c3cc(C)c4c(c3C)CCN4C)C2O)c(C)c2c1N(C)CC2. The Labute approximate surface area is 180 Å². The van der Waals surface area contributed by atoms with Gasteiger partial charge in [-0.3, -0.25) is 0 Å². The smallest absolute Gasteiger partial charge is 0.0727 e. The predicted octanol–water partition coefficient (Wildman–Crippen LogP) is 3.51. The summed E-state index contributed by atoms with van der Waals surface area (Å²) in [5.41, 5.74) is 12.7. The first-order valence-electron chi connectivity index (χ1n) is 11.3. The van der Waals surface area contributed by atoms with Gasteiger partial charge in [-0.05, 0) is 85.0 Å². The third-order valence-electron chi connectivity index (χ3n) is 8.18. The standard InChI is InChI=1S/C26H34N2O2/c1-13-11-19(15(3)17-7-9-27(5)23(13)17)21-25(29)22(26(21)30)20-12-14(2)24-18(16(20)4)8-10-28(24)6/h11-12,21-22,25-26,29-30H,7-10H2,1-6H3. The van der Waals surface area contributed by atoms with E-state index in [9.17, 15) is 10.2 Å². The second-order valence-electron chi connectivity index (χ2n) is 9.85. The summed E-state index contributed by atoms with van der Waals surface area (Å²) in [5, 5.41) is 22.6. The third kappa shape index (κ3) is 2.53. The van der Waals surface area contributed by atoms with Crippen LogP contribution in [0.3, 0.4) is 0 Å². The summed E-state index contributed by atoms with van der Waals surface area (Å²) in [6.45, 7) is 10.7. The van der Waals surface area contributed by atoms with E-state index in [1.807, 2.05) is 0 Å². The molecule has 0 aromatic heterocycles. The van der Waals surface area contributed by atoms with Crippen LogP contribution in [0.15, 0.2) is 12.1 Å². The van der Waals surface area contributed by atoms with E-state index in [4.69, 9.17) is 0 Å². The summed E-state index contributed by atoms with van der Waals surface area (Å²) in [6, 6.07) is 4.41. The molecule has 0 bridgehead atoms. The van der Waals surface area contributed by atoms with Gasteiger partial charge in [-0.2, -0.15) is 0 Å². The van der Waals surface area contributed by atoms with Crippen LogP contribution in [-0.2, 0) is 12.8 Å². The van der Waals surface area contributed by atoms with Crippen LogP contribution in [0.4, 0.5) is 11.4 Å². The van der Waals surface area contributed by atoms with Crippen molar-refractivity contribution >= 4 is 11.4 Å². The van der Waals surface area contributed by atoms with Crippen molar-refractivity contribution in [3.8, 4) is 0 Å². The van der Waals surface area contributed by atoms with Crippen LogP contribution in [0, 0.1) is 27.7 Å². The Morgan fingerprint density at radius 1 is 0.700 bits per heavy atom. The molecule has 0 amide bonds. The average Bonchev–Trinajstić information content (AvgIpc) is 3.28. The molecule has 0 spiro atoms. The highest BCUT2D eigenvalue weighted by Gasteiger charge is 2.52. The number of hydrogen-bond acceptors (Lipinski definition) is 4. The number of rotatable bonds is 2. The Morgan fingerprint density at radius 2 is 1.07 bits per heavy atom. The van der Waals surface area contributed by atoms with Gasteiger partial charge >= 0.3 is 0 Å². The van der Waals surface area contributed by atoms with Gasteiger partial charge in [-0.15, -0.1) is 0 Å². The van der Waals surface area contributed by atoms with Gasteiger partial charge in [0.25, 0.3) is 0 Å². The van der Waals surface area contributed by atoms with Crippen molar-refractivity contribution < 1.29 is 10.2 Å². The molecule has 1 aliphatic carbocycles. The highest BCUT2D eigenvalue weighted by Crippen LogP contribution is 2.52. The van der Waals surface area contributed by atoms with Crippen LogP contribution in [-0.4, -0.2) is 49.6 Å². The molecule has 1 saturated carbocycles. The molecular weight excluding hydrogens is 372 g/mol. The molecule has 160 valence electrons. The van der Waals surface area contributed by atoms with Crippen LogP contribution < -0.4 is 9.80 Å². The maximum absolute atomic E-state index is 11.3. The Kier molecular flexibility index (Phi) is 4.46. The summed E-state index contributed by atoms with van der Waals surface area (Å²) < 4.78 is 0. The third-order valence-corrected chi connectivity index (χ3v) is 8.18. The van der Waals surface area contributed by atoms with Gasteiger partial charge < -0.3 is 20.0 Å². The molecule has 30 heavy (non-hydrogen) atoms. The van der Waals surface area contributed by atoms with Crippen molar-refractivity contribution in [1.29, 1.82) is 0 Å². The normalized spacial score (nSPS) is 27.3. The number of aryl methyl sites for hydroxylation is 2. The minimum absolute atomic E-state index is 0.208. The fourth-order valence-corrected chi connectivity index (χ4v) is 6.59. The average molecular weight is 407 g/mol. The summed E-state index contributed by atoms with van der Waals surface area (Å²) in [6.07, 6.45) is 0.993. The fraction of sp³-hybridized carbons (Fsp3) is 0.538. The summed E-state index contributed by atoms with van der Waals surface area (Å²) in [4.78, 5) is 4.65. The van der Waals surface area contributed by atoms with E-state index in [0.717, 1.165) is 37.1 Å². The zero-order valence-corrected chi connectivity index (χ0v) is 19.1. The minimum atomic E-state index is -0.550. The van der Waals surface area contributed by atoms with E-state index in [1.165, 1.54) is 44.8 Å². The van der Waals surface area contributed by atoms with Gasteiger partial charge in [-0.25, -0.2) is 0 Å². The Morgan fingerprint density at radius 3 is 1.43 bits per heavy atom. The van der Waals surface area contributed by atoms with E-state index in [2.05, 4.69) is 63.7 Å². The topological polar surface area (TPSA) is 46.9 Å². The molecule has 1 fully saturated rings. The lowest BCUT2D eigenvalue weighted by Gasteiger charge is -2.48. The van der Waals surface area contributed by atoms with Crippen molar-refractivity contribution in [3.05, 3.63) is 56.6 Å². The molecule has 0 saturated heterocycles. The Hall–Kier alpha value is -2.04. The molecule has 2 heterocycles. The second kappa shape index (κ2) is 6.73. The maximum Gasteiger partial charge on any atom is 0.0727 e. The molecular formula is C26H34N2O2. The van der Waals surface area contributed by atoms with Gasteiger partial charge in [-0.1, -0.05) is 12.1 Å². The van der Waals surface area contributed by atoms with Crippen LogP contribution in [0.1, 0.15) is 56.3 Å². The summed E-state index contributed by atoms with van der Waals surface area (Å²) >= 11 is 0. The van der Waals surface area contributed by atoms with E-state index < -0.39 is 12.2 Å². The number of fused-ring (bicyclic) bond motifs is 2. The van der Waals surface area contributed by atoms with E-state index in [1.54, 1.807) is 0 Å². The first-order chi connectivity index (χ1) is 14.2. The van der Waals surface area contributed by atoms with Gasteiger partial charge in [0.15, 0.2) is 0 Å². The second-order valence-corrected chi connectivity index (χ2v) is 9.85. The zero-order valence-electron chi connectivity index (χ0n) is 19.1. The molecule has 0 atom stereocenters. The van der Waals surface area contributed by atoms with Crippen LogP contribution in [0.2, 0.25) is 0 Å². The van der Waals surface area contributed by atoms with E-state index in [-0.39, 0.29) is 11.8 Å². The summed E-state index contributed by atoms with van der Waals surface area (Å²) in [5.74, 6) is -0.416. The highest BCUT2D eigenvalue weighted by molar-refractivity contribution is 5.69. The van der Waals surface area contributed by atoms with Crippen molar-refractivity contribution in [2.24, 2.45) is 0 Å². The molecule has 2 aromatic carbocycles. The molecule has 4 nitrogen and oxygen atoms in total. The van der Waals surface area contributed by atoms with Crippen molar-refractivity contribution in [3.63, 3.8) is 0 Å². The van der Waals surface area contributed by atoms with Gasteiger partial charge in [0.1, 0.15) is 0 Å². The number of benzene rings is 2. The van der Waals surface area contributed by atoms with E-state index >= 15 is 0 Å². The van der Waals surface area contributed by atoms with Crippen molar-refractivity contribution in [1.82, 2.24) is 0 Å². The molecule has 2 aliphatic heterocycles. The fourth-order valence-electron chi connectivity index (χ4n) is 6.59. The number of nitrogens with zero attached hydrogens (tertiary/aromatic N) is 2. The first kappa shape index (κ1) is 19.9. The Balaban J connectivity index is 1.52. The van der Waals surface area contributed by atoms with E-state index in [0.29, 0.717) is 0 Å². The molecule has 2 aromatic rings. The van der Waals surface area contributed by atoms with Gasteiger partial charge in [0.05, 0.1) is 12.2 Å². The summed E-state index contributed by atoms with van der Waals surface area (Å²) in [7, 11) is 4.30. The van der Waals surface area contributed by atoms with Crippen LogP contribution >= 0.6 is 0 Å². The lowest BCUT2D eigenvalue weighted by molar-refractivity contribution is -0.0789. The van der Waals surface area contributed by atoms with Crippen LogP contribution in [0.5, 0.6) is 0 Å². The number of likely N-dealkylation sites (N-methyl/N-ethyl adjacent to an activating group) is 2. The predicted molar refractivity (Wildman–Crippen MR) is 123 cm³/mol. The monoisotopic (exact) mass is 406 g/mol. The highest BCUT2D eigenvalue weighted by atomic mass is 16.3. The largest absolute Gasteiger partial charge is 0.392 e. The minimum Gasteiger partial charge on any atom is -0.392 e. The molecule has 3 aliphatic rings. The number of anilines is 2. The first-order valence-corrected chi connectivity index (χ1v) is 11.3. The molecule has 4 heteroatoms. The van der Waals surface area contributed by atoms with Crippen molar-refractivity contribution in [2.75, 3.05) is 37.0 Å². The lowest BCUT2D eigenvalue weighted by atomic mass is 9.61. The molecule has 0 unspecified atom stereocenters. The van der Waals surface area contributed by atoms with Gasteiger partial charge in [0, 0.05) is 50.4 Å². The number of hydrogen-bond donors (Lipinski definition) is 2. The van der Waals surface area contributed by atoms with Gasteiger partial charge in [0.2, 0.25) is 0 Å². The number of aliphatic hydroxyl groups excluding tert-OH is 2. The van der Waals surface area contributed by atoms with Crippen molar-refractivity contribution in [2.45, 2.75) is 64.6 Å². The lowest BCUT2D eigenvalue weighted by Crippen LogP contribution is -2.52. The quantitative estimate of drug-likeness (QED) is 0.801. The maximum atomic E-state index is 11.3. The van der Waals surface area contributed by atoms with Crippen LogP contribution in [0.25, 0.3) is 0 Å². The Bertz CT molecular complexity index is 953. The zero-order chi connectivity index (χ0) is 21.5. The number of aliphatic hydroxyl groups is 2. The molecule has 5 rings (SSSR count). The molecule has 0 radical (unpaired) electrons.